The number of hydrogen-bond donors (Lipinski definition) is 0. The minimum absolute atomic E-state index is 0.847. The maximum absolute atomic E-state index is 4.88. The molecule has 0 heterocycles. The number of likely N-dealkylation sites (N-methyl/N-ethyl adjacent to an activating group) is 2. The second-order valence-corrected chi connectivity index (χ2v) is 4.05. The minimum atomic E-state index is 0.847. The molecule has 18 heavy (non-hydrogen) atoms. The van der Waals surface area contributed by atoms with Gasteiger partial charge in [-0.2, -0.15) is 18.2 Å². The molecule has 3 nitrogen and oxygen atoms in total. The first-order valence-electron chi connectivity index (χ1n) is 5.62. The molecular formula is C13H23ClN2OZn. The molecule has 100 valence electrons. The third-order valence-electron chi connectivity index (χ3n) is 1.91. The molecule has 0 aliphatic heterocycles. The summed E-state index contributed by atoms with van der Waals surface area (Å²) in [5.74, 6) is 0.854. The predicted molar refractivity (Wildman–Crippen MR) is 74.8 cm³/mol. The predicted octanol–water partition coefficient (Wildman–Crippen LogP) is 2.29. The van der Waals surface area contributed by atoms with E-state index in [2.05, 4.69) is 44.1 Å². The molecule has 0 N–H and O–H groups in total. The molecule has 1 aromatic rings. The van der Waals surface area contributed by atoms with E-state index >= 15 is 0 Å². The van der Waals surface area contributed by atoms with E-state index in [1.807, 2.05) is 18.2 Å². The number of halogens is 1. The van der Waals surface area contributed by atoms with Crippen molar-refractivity contribution in [2.45, 2.75) is 0 Å². The van der Waals surface area contributed by atoms with Crippen molar-refractivity contribution in [1.82, 2.24) is 9.80 Å². The zero-order valence-corrected chi connectivity index (χ0v) is 15.8. The quantitative estimate of drug-likeness (QED) is 0.624. The SMILES string of the molecule is CN(C)CCN(C)C.COc1c[c-]ccc1.[Cl][Zn+]. The Labute approximate surface area is 126 Å². The molecule has 0 bridgehead atoms. The molecule has 0 spiro atoms. The Kier molecular flexibility index (Phi) is 16.7. The van der Waals surface area contributed by atoms with E-state index < -0.39 is 0 Å². The molecule has 0 radical (unpaired) electrons. The standard InChI is InChI=1S/C7H7O.C6H16N2.ClH.Zn/c1-8-7-5-3-2-4-6-7;1-7(2)5-6-8(3)4;;/h2-3,5-6H,1H3;5-6H2,1-4H3;1H;/q-1;;;+2/p-1. The Morgan fingerprint density at radius 1 is 1.17 bits per heavy atom. The summed E-state index contributed by atoms with van der Waals surface area (Å²) < 4.78 is 4.88. The van der Waals surface area contributed by atoms with Crippen molar-refractivity contribution in [3.63, 3.8) is 0 Å². The first-order valence-corrected chi connectivity index (χ1v) is 9.52. The molecule has 0 aromatic heterocycles. The van der Waals surface area contributed by atoms with Crippen LogP contribution in [0.15, 0.2) is 24.3 Å². The summed E-state index contributed by atoms with van der Waals surface area (Å²) in [5.41, 5.74) is 0. The Morgan fingerprint density at radius 3 is 1.89 bits per heavy atom. The van der Waals surface area contributed by atoms with E-state index in [0.717, 1.165) is 36.2 Å². The van der Waals surface area contributed by atoms with Gasteiger partial charge in [0.1, 0.15) is 0 Å². The van der Waals surface area contributed by atoms with Crippen LogP contribution < -0.4 is 4.74 Å². The van der Waals surface area contributed by atoms with E-state index in [1.54, 1.807) is 13.2 Å². The first-order chi connectivity index (χ1) is 8.56. The molecule has 0 saturated heterocycles. The fourth-order valence-electron chi connectivity index (χ4n) is 0.904. The summed E-state index contributed by atoms with van der Waals surface area (Å²) in [7, 11) is 14.8. The van der Waals surface area contributed by atoms with Gasteiger partial charge in [0.15, 0.2) is 0 Å². The maximum atomic E-state index is 4.88. The fraction of sp³-hybridized carbons (Fsp3) is 0.538. The van der Waals surface area contributed by atoms with E-state index in [1.165, 1.54) is 0 Å². The third kappa shape index (κ3) is 15.9. The third-order valence-corrected chi connectivity index (χ3v) is 1.91. The molecule has 0 aliphatic rings. The summed E-state index contributed by atoms with van der Waals surface area (Å²) in [5, 5.41) is 0. The molecular weight excluding hydrogens is 301 g/mol. The van der Waals surface area contributed by atoms with Crippen molar-refractivity contribution >= 4 is 9.69 Å². The summed E-state index contributed by atoms with van der Waals surface area (Å²) in [6.45, 7) is 2.29. The van der Waals surface area contributed by atoms with Crippen molar-refractivity contribution in [1.29, 1.82) is 0 Å². The van der Waals surface area contributed by atoms with Crippen LogP contribution in [0.25, 0.3) is 0 Å². The molecule has 1 rings (SSSR count). The average Bonchev–Trinajstić information content (AvgIpc) is 2.40. The number of methoxy groups -OCH3 is 1. The van der Waals surface area contributed by atoms with Gasteiger partial charge in [-0.1, -0.05) is 0 Å². The number of rotatable bonds is 4. The Hall–Kier alpha value is -0.147. The van der Waals surface area contributed by atoms with Crippen LogP contribution in [0.1, 0.15) is 0 Å². The Bertz CT molecular complexity index is 250. The van der Waals surface area contributed by atoms with Crippen molar-refractivity contribution < 1.29 is 22.0 Å². The molecule has 0 amide bonds. The van der Waals surface area contributed by atoms with Crippen molar-refractivity contribution in [3.05, 3.63) is 30.3 Å². The summed E-state index contributed by atoms with van der Waals surface area (Å²) in [6.07, 6.45) is 0. The normalized spacial score (nSPS) is 9.22. The van der Waals surface area contributed by atoms with Gasteiger partial charge in [0, 0.05) is 18.8 Å². The van der Waals surface area contributed by atoms with Crippen LogP contribution in [-0.4, -0.2) is 58.2 Å². The number of hydrogen-bond acceptors (Lipinski definition) is 3. The van der Waals surface area contributed by atoms with Crippen LogP contribution in [0, 0.1) is 6.07 Å². The molecule has 0 atom stereocenters. The van der Waals surface area contributed by atoms with Crippen LogP contribution in [-0.2, 0) is 17.3 Å². The zero-order chi connectivity index (χ0) is 14.4. The van der Waals surface area contributed by atoms with Crippen LogP contribution in [0.4, 0.5) is 0 Å². The van der Waals surface area contributed by atoms with Gasteiger partial charge < -0.3 is 14.5 Å². The van der Waals surface area contributed by atoms with Crippen molar-refractivity contribution in [2.75, 3.05) is 48.4 Å². The average molecular weight is 324 g/mol. The summed E-state index contributed by atoms with van der Waals surface area (Å²) in [4.78, 5) is 4.36. The number of nitrogens with zero attached hydrogens (tertiary/aromatic N) is 2. The summed E-state index contributed by atoms with van der Waals surface area (Å²) in [6, 6.07) is 10.3. The van der Waals surface area contributed by atoms with Gasteiger partial charge in [0.05, 0.1) is 7.11 Å². The number of benzene rings is 1. The van der Waals surface area contributed by atoms with Gasteiger partial charge in [0.25, 0.3) is 0 Å². The Balaban J connectivity index is 0. The van der Waals surface area contributed by atoms with E-state index in [9.17, 15) is 0 Å². The molecule has 0 fully saturated rings. The zero-order valence-electron chi connectivity index (χ0n) is 12.1. The molecule has 5 heteroatoms. The van der Waals surface area contributed by atoms with Gasteiger partial charge in [-0.05, 0) is 28.2 Å². The monoisotopic (exact) mass is 322 g/mol. The van der Waals surface area contributed by atoms with Crippen molar-refractivity contribution in [3.8, 4) is 5.75 Å². The molecule has 0 aliphatic carbocycles. The van der Waals surface area contributed by atoms with E-state index in [0.29, 0.717) is 0 Å². The van der Waals surface area contributed by atoms with Crippen molar-refractivity contribution in [2.24, 2.45) is 0 Å². The van der Waals surface area contributed by atoms with Gasteiger partial charge >= 0.3 is 27.0 Å². The van der Waals surface area contributed by atoms with Gasteiger partial charge in [-0.3, -0.25) is 0 Å². The second-order valence-electron chi connectivity index (χ2n) is 4.05. The topological polar surface area (TPSA) is 15.7 Å². The van der Waals surface area contributed by atoms with Gasteiger partial charge in [-0.15, -0.1) is 12.1 Å². The Morgan fingerprint density at radius 2 is 1.67 bits per heavy atom. The fourth-order valence-corrected chi connectivity index (χ4v) is 0.904. The van der Waals surface area contributed by atoms with Gasteiger partial charge in [-0.25, -0.2) is 0 Å². The van der Waals surface area contributed by atoms with E-state index in [4.69, 9.17) is 14.4 Å². The van der Waals surface area contributed by atoms with Crippen LogP contribution in [0.5, 0.6) is 5.75 Å². The summed E-state index contributed by atoms with van der Waals surface area (Å²) >= 11 is 0.847. The molecule has 0 saturated carbocycles. The van der Waals surface area contributed by atoms with E-state index in [-0.39, 0.29) is 0 Å². The van der Waals surface area contributed by atoms with Gasteiger partial charge in [0.2, 0.25) is 0 Å². The number of ether oxygens (including phenoxy) is 1. The van der Waals surface area contributed by atoms with Crippen LogP contribution in [0.2, 0.25) is 0 Å². The molecule has 1 aromatic carbocycles. The molecule has 0 unspecified atom stereocenters. The van der Waals surface area contributed by atoms with Crippen LogP contribution in [0.3, 0.4) is 0 Å². The first kappa shape index (κ1) is 20.2. The second kappa shape index (κ2) is 14.9. The van der Waals surface area contributed by atoms with Crippen LogP contribution >= 0.6 is 9.69 Å².